The monoisotopic (exact) mass is 501 g/mol. The van der Waals surface area contributed by atoms with E-state index in [4.69, 9.17) is 4.74 Å². The number of rotatable bonds is 4. The minimum Gasteiger partial charge on any atom is -0.381 e. The third-order valence-corrected chi connectivity index (χ3v) is 6.11. The van der Waals surface area contributed by atoms with Gasteiger partial charge < -0.3 is 24.8 Å². The van der Waals surface area contributed by atoms with Gasteiger partial charge >= 0.3 is 0 Å². The van der Waals surface area contributed by atoms with E-state index in [-0.39, 0.29) is 29.5 Å². The summed E-state index contributed by atoms with van der Waals surface area (Å²) in [7, 11) is 6.24. The zero-order valence-corrected chi connectivity index (χ0v) is 20.1. The number of nitrogens with zero attached hydrogens (tertiary/aromatic N) is 4. The summed E-state index contributed by atoms with van der Waals surface area (Å²) in [6, 6.07) is 8.78. The summed E-state index contributed by atoms with van der Waals surface area (Å²) in [4.78, 5) is 11.8. The molecule has 2 heterocycles. The van der Waals surface area contributed by atoms with Gasteiger partial charge in [0.15, 0.2) is 5.96 Å². The summed E-state index contributed by atoms with van der Waals surface area (Å²) < 4.78 is 5.59. The fourth-order valence-electron chi connectivity index (χ4n) is 4.11. The Hall–Kier alpha value is -1.06. The number of hydrogen-bond acceptors (Lipinski definition) is 4. The third kappa shape index (κ3) is 5.51. The van der Waals surface area contributed by atoms with Crippen molar-refractivity contribution in [3.8, 4) is 0 Å². The first-order valence-electron chi connectivity index (χ1n) is 10.1. The first kappa shape index (κ1) is 23.2. The molecule has 0 spiro atoms. The Morgan fingerprint density at radius 1 is 1.18 bits per heavy atom. The molecule has 0 aliphatic carbocycles. The van der Waals surface area contributed by atoms with E-state index >= 15 is 0 Å². The Kier molecular flexibility index (Phi) is 8.82. The highest BCUT2D eigenvalue weighted by molar-refractivity contribution is 14.0. The summed E-state index contributed by atoms with van der Waals surface area (Å²) in [5.41, 5.74) is 2.79. The predicted octanol–water partition coefficient (Wildman–Crippen LogP) is 2.42. The molecule has 6 nitrogen and oxygen atoms in total. The van der Waals surface area contributed by atoms with Crippen LogP contribution >= 0.6 is 24.0 Å². The zero-order chi connectivity index (χ0) is 19.3. The molecule has 1 aromatic rings. The Morgan fingerprint density at radius 2 is 1.86 bits per heavy atom. The molecular formula is C21H36IN5O. The number of benzene rings is 1. The number of piperazine rings is 1. The van der Waals surface area contributed by atoms with Crippen LogP contribution in [0, 0.1) is 6.92 Å². The number of hydrogen-bond donors (Lipinski definition) is 1. The Bertz CT molecular complexity index is 637. The topological polar surface area (TPSA) is 43.3 Å². The van der Waals surface area contributed by atoms with E-state index in [2.05, 4.69) is 70.3 Å². The second kappa shape index (κ2) is 10.6. The normalized spacial score (nSPS) is 20.1. The lowest BCUT2D eigenvalue weighted by Gasteiger charge is -2.44. The summed E-state index contributed by atoms with van der Waals surface area (Å²) >= 11 is 0. The molecule has 0 bridgehead atoms. The van der Waals surface area contributed by atoms with Gasteiger partial charge in [-0.1, -0.05) is 12.1 Å². The predicted molar refractivity (Wildman–Crippen MR) is 128 cm³/mol. The Labute approximate surface area is 187 Å². The molecule has 2 saturated heterocycles. The van der Waals surface area contributed by atoms with Crippen LogP contribution in [0.5, 0.6) is 0 Å². The standard InChI is InChI=1S/C21H35N5O.HI/c1-18-6-5-7-19(16-18)25-10-12-26(13-11-25)20(22-2)23-17-21(24(3)4)8-14-27-15-9-21;/h5-7,16H,8-15,17H2,1-4H3,(H,22,23);1H. The molecular weight excluding hydrogens is 465 g/mol. The molecule has 0 radical (unpaired) electrons. The van der Waals surface area contributed by atoms with Gasteiger partial charge in [0, 0.05) is 64.2 Å². The van der Waals surface area contributed by atoms with Crippen molar-refractivity contribution in [1.29, 1.82) is 0 Å². The van der Waals surface area contributed by atoms with Crippen LogP contribution in [-0.2, 0) is 4.74 Å². The molecule has 7 heteroatoms. The Morgan fingerprint density at radius 3 is 2.43 bits per heavy atom. The second-order valence-corrected chi connectivity index (χ2v) is 7.95. The molecule has 0 atom stereocenters. The average molecular weight is 501 g/mol. The maximum Gasteiger partial charge on any atom is 0.193 e. The summed E-state index contributed by atoms with van der Waals surface area (Å²) in [6.07, 6.45) is 2.12. The van der Waals surface area contributed by atoms with Crippen LogP contribution in [0.25, 0.3) is 0 Å². The summed E-state index contributed by atoms with van der Waals surface area (Å²) in [6.45, 7) is 8.78. The van der Waals surface area contributed by atoms with E-state index in [9.17, 15) is 0 Å². The molecule has 1 N–H and O–H groups in total. The van der Waals surface area contributed by atoms with Gasteiger partial charge in [0.1, 0.15) is 0 Å². The van der Waals surface area contributed by atoms with E-state index < -0.39 is 0 Å². The van der Waals surface area contributed by atoms with Gasteiger partial charge in [-0.05, 0) is 51.6 Å². The summed E-state index contributed by atoms with van der Waals surface area (Å²) in [5.74, 6) is 1.02. The molecule has 1 aromatic carbocycles. The van der Waals surface area contributed by atoms with Crippen LogP contribution in [0.3, 0.4) is 0 Å². The molecule has 158 valence electrons. The van der Waals surface area contributed by atoms with Gasteiger partial charge in [-0.3, -0.25) is 4.99 Å². The van der Waals surface area contributed by atoms with Crippen LogP contribution < -0.4 is 10.2 Å². The van der Waals surface area contributed by atoms with E-state index in [0.717, 1.165) is 64.7 Å². The highest BCUT2D eigenvalue weighted by atomic mass is 127. The minimum atomic E-state index is 0. The zero-order valence-electron chi connectivity index (χ0n) is 17.8. The van der Waals surface area contributed by atoms with E-state index in [0.29, 0.717) is 0 Å². The highest BCUT2D eigenvalue weighted by Gasteiger charge is 2.35. The smallest absolute Gasteiger partial charge is 0.193 e. The number of halogens is 1. The molecule has 2 fully saturated rings. The third-order valence-electron chi connectivity index (χ3n) is 6.11. The van der Waals surface area contributed by atoms with Gasteiger partial charge in [0.05, 0.1) is 0 Å². The first-order valence-corrected chi connectivity index (χ1v) is 10.1. The van der Waals surface area contributed by atoms with Crippen molar-refractivity contribution in [3.63, 3.8) is 0 Å². The first-order chi connectivity index (χ1) is 13.0. The number of likely N-dealkylation sites (N-methyl/N-ethyl adjacent to an activating group) is 1. The van der Waals surface area contributed by atoms with E-state index in [1.807, 2.05) is 7.05 Å². The number of nitrogens with one attached hydrogen (secondary N) is 1. The lowest BCUT2D eigenvalue weighted by atomic mass is 9.88. The van der Waals surface area contributed by atoms with Crippen LogP contribution in [0.4, 0.5) is 5.69 Å². The number of ether oxygens (including phenoxy) is 1. The van der Waals surface area contributed by atoms with Crippen molar-refractivity contribution < 1.29 is 4.74 Å². The molecule has 3 rings (SSSR count). The van der Waals surface area contributed by atoms with Crippen LogP contribution in [-0.4, -0.2) is 88.4 Å². The number of aliphatic imine (C=N–C) groups is 1. The molecule has 2 aliphatic heterocycles. The second-order valence-electron chi connectivity index (χ2n) is 7.95. The van der Waals surface area contributed by atoms with Gasteiger partial charge in [0.2, 0.25) is 0 Å². The van der Waals surface area contributed by atoms with Gasteiger partial charge in [-0.25, -0.2) is 0 Å². The van der Waals surface area contributed by atoms with Crippen molar-refractivity contribution in [2.45, 2.75) is 25.3 Å². The maximum atomic E-state index is 5.59. The van der Waals surface area contributed by atoms with Gasteiger partial charge in [-0.2, -0.15) is 0 Å². The average Bonchev–Trinajstić information content (AvgIpc) is 2.69. The van der Waals surface area contributed by atoms with E-state index in [1.165, 1.54) is 11.3 Å². The van der Waals surface area contributed by atoms with Crippen LogP contribution in [0.15, 0.2) is 29.3 Å². The van der Waals surface area contributed by atoms with E-state index in [1.54, 1.807) is 0 Å². The fraction of sp³-hybridized carbons (Fsp3) is 0.667. The summed E-state index contributed by atoms with van der Waals surface area (Å²) in [5, 5.41) is 3.65. The quantitative estimate of drug-likeness (QED) is 0.390. The highest BCUT2D eigenvalue weighted by Crippen LogP contribution is 2.25. The number of guanidine groups is 1. The molecule has 0 saturated carbocycles. The van der Waals surface area contributed by atoms with Gasteiger partial charge in [-0.15, -0.1) is 24.0 Å². The van der Waals surface area contributed by atoms with Crippen molar-refractivity contribution in [1.82, 2.24) is 15.1 Å². The largest absolute Gasteiger partial charge is 0.381 e. The molecule has 0 unspecified atom stereocenters. The van der Waals surface area contributed by atoms with Crippen molar-refractivity contribution in [2.24, 2.45) is 4.99 Å². The molecule has 0 aromatic heterocycles. The van der Waals surface area contributed by atoms with Crippen LogP contribution in [0.1, 0.15) is 18.4 Å². The fourth-order valence-corrected chi connectivity index (χ4v) is 4.11. The number of anilines is 1. The number of aryl methyl sites for hydroxylation is 1. The van der Waals surface area contributed by atoms with Gasteiger partial charge in [0.25, 0.3) is 0 Å². The molecule has 28 heavy (non-hydrogen) atoms. The minimum absolute atomic E-state index is 0. The Balaban J connectivity index is 0.00000280. The van der Waals surface area contributed by atoms with Crippen molar-refractivity contribution in [3.05, 3.63) is 29.8 Å². The molecule has 2 aliphatic rings. The van der Waals surface area contributed by atoms with Crippen molar-refractivity contribution >= 4 is 35.6 Å². The lowest BCUT2D eigenvalue weighted by Crippen LogP contribution is -2.59. The van der Waals surface area contributed by atoms with Crippen molar-refractivity contribution in [2.75, 3.05) is 72.0 Å². The SMILES string of the molecule is CN=C(NCC1(N(C)C)CCOCC1)N1CCN(c2cccc(C)c2)CC1.I. The molecule has 0 amide bonds. The maximum absolute atomic E-state index is 5.59. The lowest BCUT2D eigenvalue weighted by molar-refractivity contribution is -0.00526. The van der Waals surface area contributed by atoms with Crippen LogP contribution in [0.2, 0.25) is 0 Å².